The molecule has 3 aromatic rings. The molecule has 0 fully saturated rings. The summed E-state index contributed by atoms with van der Waals surface area (Å²) >= 11 is 6.23. The van der Waals surface area contributed by atoms with Gasteiger partial charge in [0.1, 0.15) is 22.9 Å². The van der Waals surface area contributed by atoms with Crippen LogP contribution in [-0.4, -0.2) is 44.9 Å². The van der Waals surface area contributed by atoms with Crippen molar-refractivity contribution in [2.75, 3.05) is 18.5 Å². The summed E-state index contributed by atoms with van der Waals surface area (Å²) in [5.41, 5.74) is 1.17. The summed E-state index contributed by atoms with van der Waals surface area (Å²) in [5.74, 6) is -0.111. The number of hydrogen-bond acceptors (Lipinski definition) is 8. The monoisotopic (exact) mass is 493 g/mol. The summed E-state index contributed by atoms with van der Waals surface area (Å²) in [5, 5.41) is 15.8. The van der Waals surface area contributed by atoms with Gasteiger partial charge in [0.05, 0.1) is 29.3 Å². The Morgan fingerprint density at radius 1 is 1.29 bits per heavy atom. The predicted molar refractivity (Wildman–Crippen MR) is 118 cm³/mol. The van der Waals surface area contributed by atoms with Gasteiger partial charge in [0, 0.05) is 31.4 Å². The van der Waals surface area contributed by atoms with E-state index in [9.17, 15) is 18.0 Å². The molecular weight excluding hydrogens is 475 g/mol. The highest BCUT2D eigenvalue weighted by atomic mass is 35.5. The number of aliphatic imine (C=N–C) groups is 1. The van der Waals surface area contributed by atoms with Crippen LogP contribution in [0.3, 0.4) is 0 Å². The number of fused-ring (bicyclic) bond motifs is 1. The molecule has 1 aliphatic heterocycles. The Balaban J connectivity index is 1.45. The van der Waals surface area contributed by atoms with E-state index >= 15 is 0 Å². The Kier molecular flexibility index (Phi) is 6.67. The van der Waals surface area contributed by atoms with Crippen LogP contribution in [0.1, 0.15) is 52.3 Å². The Morgan fingerprint density at radius 3 is 2.82 bits per heavy atom. The number of alkyl halides is 3. The second-order valence-electron chi connectivity index (χ2n) is 7.76. The third-order valence-corrected chi connectivity index (χ3v) is 5.65. The largest absolute Gasteiger partial charge is 0.416 e. The number of rotatable bonds is 8. The summed E-state index contributed by atoms with van der Waals surface area (Å²) in [6, 6.07) is 5.04. The van der Waals surface area contributed by atoms with E-state index < -0.39 is 11.7 Å². The standard InChI is InChI=1S/C22H19ClF3N5O3/c1-11(6-17(33)20-19(23)21(27-4-5-32)29-10-28-20)15-9-18(34-31-15)16-8-12-7-13(22(24,25)26)2-3-14(12)30-16/h2-3,7,9-11,32H,4-6,8H2,1H3,(H,27,28,29)/t11-/m1/s1. The van der Waals surface area contributed by atoms with Gasteiger partial charge in [-0.15, -0.1) is 0 Å². The van der Waals surface area contributed by atoms with E-state index in [0.717, 1.165) is 12.1 Å². The minimum atomic E-state index is -4.43. The Bertz CT molecular complexity index is 1260. The zero-order valence-electron chi connectivity index (χ0n) is 17.9. The third-order valence-electron chi connectivity index (χ3n) is 5.29. The molecular formula is C22H19ClF3N5O3. The molecule has 12 heteroatoms. The molecule has 0 saturated carbocycles. The molecule has 34 heavy (non-hydrogen) atoms. The fraction of sp³-hybridized carbons (Fsp3) is 0.318. The van der Waals surface area contributed by atoms with Crippen molar-refractivity contribution in [1.29, 1.82) is 0 Å². The summed E-state index contributed by atoms with van der Waals surface area (Å²) in [6.07, 6.45) is -3.01. The highest BCUT2D eigenvalue weighted by molar-refractivity contribution is 6.35. The number of nitrogens with one attached hydrogen (secondary N) is 1. The first-order valence-electron chi connectivity index (χ1n) is 10.3. The van der Waals surface area contributed by atoms with Gasteiger partial charge < -0.3 is 14.9 Å². The number of Topliss-reactive ketones (excluding diaryl/α,β-unsaturated/α-hetero) is 1. The molecule has 0 aliphatic carbocycles. The van der Waals surface area contributed by atoms with E-state index in [0.29, 0.717) is 28.4 Å². The smallest absolute Gasteiger partial charge is 0.395 e. The van der Waals surface area contributed by atoms with E-state index in [-0.39, 0.29) is 54.2 Å². The summed E-state index contributed by atoms with van der Waals surface area (Å²) in [7, 11) is 0. The SMILES string of the molecule is C[C@H](CC(=O)c1ncnc(NCCO)c1Cl)c1cc(C2=Nc3ccc(C(F)(F)F)cc3C2)on1. The van der Waals surface area contributed by atoms with Crippen molar-refractivity contribution in [3.05, 3.63) is 63.9 Å². The molecule has 8 nitrogen and oxygen atoms in total. The van der Waals surface area contributed by atoms with E-state index in [4.69, 9.17) is 21.2 Å². The number of nitrogens with zero attached hydrogens (tertiary/aromatic N) is 4. The Morgan fingerprint density at radius 2 is 2.09 bits per heavy atom. The van der Waals surface area contributed by atoms with Crippen molar-refractivity contribution < 1.29 is 27.6 Å². The van der Waals surface area contributed by atoms with E-state index in [1.54, 1.807) is 13.0 Å². The van der Waals surface area contributed by atoms with Crippen LogP contribution in [0.5, 0.6) is 0 Å². The molecule has 1 aromatic carbocycles. The molecule has 3 heterocycles. The van der Waals surface area contributed by atoms with Crippen molar-refractivity contribution in [2.24, 2.45) is 4.99 Å². The van der Waals surface area contributed by atoms with Crippen LogP contribution in [0.15, 0.2) is 40.1 Å². The number of benzene rings is 1. The Labute approximate surface area is 196 Å². The molecule has 0 unspecified atom stereocenters. The summed E-state index contributed by atoms with van der Waals surface area (Å²) in [6.45, 7) is 1.86. The number of ketones is 1. The summed E-state index contributed by atoms with van der Waals surface area (Å²) in [4.78, 5) is 25.1. The molecule has 0 spiro atoms. The lowest BCUT2D eigenvalue weighted by Crippen LogP contribution is -2.12. The third kappa shape index (κ3) is 4.95. The predicted octanol–water partition coefficient (Wildman–Crippen LogP) is 4.59. The van der Waals surface area contributed by atoms with Gasteiger partial charge in [0.2, 0.25) is 0 Å². The fourth-order valence-corrected chi connectivity index (χ4v) is 3.79. The number of aromatic nitrogens is 3. The average Bonchev–Trinajstić information content (AvgIpc) is 3.44. The van der Waals surface area contributed by atoms with Crippen LogP contribution < -0.4 is 5.32 Å². The van der Waals surface area contributed by atoms with Crippen molar-refractivity contribution >= 4 is 34.6 Å². The van der Waals surface area contributed by atoms with Crippen LogP contribution >= 0.6 is 11.6 Å². The second-order valence-corrected chi connectivity index (χ2v) is 8.13. The van der Waals surface area contributed by atoms with Crippen LogP contribution in [-0.2, 0) is 12.6 Å². The maximum atomic E-state index is 13.0. The highest BCUT2D eigenvalue weighted by Gasteiger charge is 2.32. The first-order valence-corrected chi connectivity index (χ1v) is 10.7. The number of anilines is 1. The molecule has 178 valence electrons. The van der Waals surface area contributed by atoms with E-state index in [1.165, 1.54) is 12.4 Å². The van der Waals surface area contributed by atoms with Crippen molar-refractivity contribution in [2.45, 2.75) is 31.9 Å². The van der Waals surface area contributed by atoms with Crippen LogP contribution in [0.4, 0.5) is 24.7 Å². The van der Waals surface area contributed by atoms with Gasteiger partial charge in [-0.1, -0.05) is 23.7 Å². The molecule has 2 N–H and O–H groups in total. The van der Waals surface area contributed by atoms with E-state index in [2.05, 4.69) is 25.4 Å². The molecule has 1 atom stereocenters. The normalized spacial score (nSPS) is 14.0. The van der Waals surface area contributed by atoms with Crippen molar-refractivity contribution in [1.82, 2.24) is 15.1 Å². The molecule has 0 saturated heterocycles. The molecule has 0 bridgehead atoms. The van der Waals surface area contributed by atoms with E-state index in [1.807, 2.05) is 0 Å². The van der Waals surface area contributed by atoms with Gasteiger partial charge >= 0.3 is 6.18 Å². The first-order chi connectivity index (χ1) is 16.2. The lowest BCUT2D eigenvalue weighted by atomic mass is 9.98. The zero-order valence-corrected chi connectivity index (χ0v) is 18.6. The Hall–Kier alpha value is -3.31. The molecule has 1 aliphatic rings. The van der Waals surface area contributed by atoms with Gasteiger partial charge in [-0.2, -0.15) is 13.2 Å². The maximum Gasteiger partial charge on any atom is 0.416 e. The highest BCUT2D eigenvalue weighted by Crippen LogP contribution is 2.36. The number of carbonyl (C=O) groups is 1. The van der Waals surface area contributed by atoms with Crippen molar-refractivity contribution in [3.8, 4) is 0 Å². The first kappa shape index (κ1) is 23.8. The fourth-order valence-electron chi connectivity index (χ4n) is 3.52. The number of hydrogen-bond donors (Lipinski definition) is 2. The number of halogens is 4. The van der Waals surface area contributed by atoms with Gasteiger partial charge in [-0.25, -0.2) is 15.0 Å². The quantitative estimate of drug-likeness (QED) is 0.441. The summed E-state index contributed by atoms with van der Waals surface area (Å²) < 4.78 is 44.3. The van der Waals surface area contributed by atoms with Gasteiger partial charge in [-0.05, 0) is 23.8 Å². The number of aliphatic hydroxyl groups is 1. The minimum absolute atomic E-state index is 0.0315. The van der Waals surface area contributed by atoms with Gasteiger partial charge in [0.15, 0.2) is 11.5 Å². The number of carbonyl (C=O) groups excluding carboxylic acids is 1. The van der Waals surface area contributed by atoms with Crippen LogP contribution in [0, 0.1) is 0 Å². The molecule has 0 radical (unpaired) electrons. The second kappa shape index (κ2) is 9.51. The lowest BCUT2D eigenvalue weighted by Gasteiger charge is -2.10. The zero-order chi connectivity index (χ0) is 24.5. The van der Waals surface area contributed by atoms with Crippen molar-refractivity contribution in [3.63, 3.8) is 0 Å². The van der Waals surface area contributed by atoms with Gasteiger partial charge in [-0.3, -0.25) is 4.79 Å². The molecule has 2 aromatic heterocycles. The van der Waals surface area contributed by atoms with Crippen LogP contribution in [0.25, 0.3) is 0 Å². The maximum absolute atomic E-state index is 13.0. The van der Waals surface area contributed by atoms with Crippen LogP contribution in [0.2, 0.25) is 5.02 Å². The average molecular weight is 494 g/mol. The van der Waals surface area contributed by atoms with Gasteiger partial charge in [0.25, 0.3) is 0 Å². The lowest BCUT2D eigenvalue weighted by molar-refractivity contribution is -0.137. The molecule has 0 amide bonds. The molecule has 4 rings (SSSR count). The topological polar surface area (TPSA) is 114 Å². The minimum Gasteiger partial charge on any atom is -0.395 e. The number of aliphatic hydroxyl groups excluding tert-OH is 1.